The summed E-state index contributed by atoms with van der Waals surface area (Å²) in [5.41, 5.74) is 0.967. The van der Waals surface area contributed by atoms with Gasteiger partial charge in [-0.25, -0.2) is 0 Å². The molecule has 0 atom stereocenters. The Kier molecular flexibility index (Phi) is 6.13. The van der Waals surface area contributed by atoms with E-state index in [0.29, 0.717) is 0 Å². The van der Waals surface area contributed by atoms with Crippen LogP contribution in [-0.2, 0) is 0 Å². The van der Waals surface area contributed by atoms with Crippen LogP contribution in [0.25, 0.3) is 0 Å². The molecule has 0 saturated heterocycles. The molecule has 0 amide bonds. The van der Waals surface area contributed by atoms with Gasteiger partial charge in [0.2, 0.25) is 0 Å². The van der Waals surface area contributed by atoms with Crippen LogP contribution in [0.15, 0.2) is 24.3 Å². The molecule has 0 saturated carbocycles. The van der Waals surface area contributed by atoms with Gasteiger partial charge in [0.1, 0.15) is 5.75 Å². The number of ether oxygens (including phenoxy) is 1. The summed E-state index contributed by atoms with van der Waals surface area (Å²) in [6, 6.07) is 7.91. The highest BCUT2D eigenvalue weighted by Gasteiger charge is 1.98. The first-order chi connectivity index (χ1) is 7.88. The summed E-state index contributed by atoms with van der Waals surface area (Å²) < 4.78 is 5.62. The van der Waals surface area contributed by atoms with Crippen molar-refractivity contribution in [2.45, 2.75) is 20.3 Å². The van der Waals surface area contributed by atoms with E-state index in [1.807, 2.05) is 24.3 Å². The molecular weight excluding hydrogens is 198 g/mol. The van der Waals surface area contributed by atoms with Gasteiger partial charge in [-0.1, -0.05) is 37.8 Å². The van der Waals surface area contributed by atoms with E-state index in [-0.39, 0.29) is 0 Å². The molecule has 1 N–H and O–H groups in total. The van der Waals surface area contributed by atoms with Gasteiger partial charge < -0.3 is 10.1 Å². The van der Waals surface area contributed by atoms with Crippen molar-refractivity contribution in [2.24, 2.45) is 0 Å². The maximum Gasteiger partial charge on any atom is 0.134 e. The summed E-state index contributed by atoms with van der Waals surface area (Å²) in [7, 11) is 0. The molecule has 0 fully saturated rings. The Balaban J connectivity index is 2.65. The third-order valence-electron chi connectivity index (χ3n) is 2.04. The second kappa shape index (κ2) is 7.78. The standard InChI is InChI=1S/C14H19NO/c1-3-12-16-14-10-6-5-8-13(14)9-7-11-15-4-2/h5-6,8,10,15H,3-4,11-12H2,1-2H3. The number of benzene rings is 1. The Morgan fingerprint density at radius 2 is 2.06 bits per heavy atom. The second-order valence-corrected chi connectivity index (χ2v) is 3.43. The zero-order valence-electron chi connectivity index (χ0n) is 10.0. The lowest BCUT2D eigenvalue weighted by Gasteiger charge is -2.05. The lowest BCUT2D eigenvalue weighted by atomic mass is 10.2. The van der Waals surface area contributed by atoms with Crippen LogP contribution in [0, 0.1) is 11.8 Å². The summed E-state index contributed by atoms with van der Waals surface area (Å²) >= 11 is 0. The van der Waals surface area contributed by atoms with Gasteiger partial charge in [-0.05, 0) is 25.1 Å². The van der Waals surface area contributed by atoms with Crippen molar-refractivity contribution in [1.82, 2.24) is 5.32 Å². The van der Waals surface area contributed by atoms with E-state index in [2.05, 4.69) is 31.0 Å². The molecular formula is C14H19NO. The Bertz CT molecular complexity index is 362. The summed E-state index contributed by atoms with van der Waals surface area (Å²) in [6.07, 6.45) is 1.01. The van der Waals surface area contributed by atoms with Gasteiger partial charge in [0.25, 0.3) is 0 Å². The van der Waals surface area contributed by atoms with Crippen molar-refractivity contribution in [3.63, 3.8) is 0 Å². The van der Waals surface area contributed by atoms with Crippen molar-refractivity contribution in [2.75, 3.05) is 19.7 Å². The fourth-order valence-electron chi connectivity index (χ4n) is 1.23. The number of hydrogen-bond acceptors (Lipinski definition) is 2. The van der Waals surface area contributed by atoms with Crippen LogP contribution in [0.4, 0.5) is 0 Å². The van der Waals surface area contributed by atoms with Gasteiger partial charge in [0.05, 0.1) is 18.7 Å². The van der Waals surface area contributed by atoms with Gasteiger partial charge in [-0.15, -0.1) is 0 Å². The largest absolute Gasteiger partial charge is 0.492 e. The first-order valence-corrected chi connectivity index (χ1v) is 5.80. The minimum Gasteiger partial charge on any atom is -0.492 e. The average molecular weight is 217 g/mol. The molecule has 1 rings (SSSR count). The highest BCUT2D eigenvalue weighted by Crippen LogP contribution is 2.16. The molecule has 0 bridgehead atoms. The topological polar surface area (TPSA) is 21.3 Å². The van der Waals surface area contributed by atoms with Crippen molar-refractivity contribution in [3.05, 3.63) is 29.8 Å². The molecule has 2 heteroatoms. The van der Waals surface area contributed by atoms with Crippen molar-refractivity contribution in [3.8, 4) is 17.6 Å². The summed E-state index contributed by atoms with van der Waals surface area (Å²) in [4.78, 5) is 0. The maximum atomic E-state index is 5.62. The third-order valence-corrected chi connectivity index (χ3v) is 2.04. The number of para-hydroxylation sites is 1. The van der Waals surface area contributed by atoms with Crippen molar-refractivity contribution in [1.29, 1.82) is 0 Å². The van der Waals surface area contributed by atoms with Crippen molar-refractivity contribution < 1.29 is 4.74 Å². The van der Waals surface area contributed by atoms with Gasteiger partial charge in [0, 0.05) is 0 Å². The van der Waals surface area contributed by atoms with E-state index < -0.39 is 0 Å². The van der Waals surface area contributed by atoms with Crippen LogP contribution >= 0.6 is 0 Å². The molecule has 0 heterocycles. The molecule has 0 unspecified atom stereocenters. The molecule has 1 aromatic rings. The van der Waals surface area contributed by atoms with Crippen LogP contribution < -0.4 is 10.1 Å². The van der Waals surface area contributed by atoms with Crippen LogP contribution in [-0.4, -0.2) is 19.7 Å². The van der Waals surface area contributed by atoms with Crippen LogP contribution in [0.1, 0.15) is 25.8 Å². The Morgan fingerprint density at radius 1 is 1.25 bits per heavy atom. The molecule has 0 aliphatic carbocycles. The quantitative estimate of drug-likeness (QED) is 0.604. The first-order valence-electron chi connectivity index (χ1n) is 5.80. The molecule has 0 aliphatic rings. The van der Waals surface area contributed by atoms with E-state index in [1.54, 1.807) is 0 Å². The lowest BCUT2D eigenvalue weighted by molar-refractivity contribution is 0.316. The fraction of sp³-hybridized carbons (Fsp3) is 0.429. The molecule has 16 heavy (non-hydrogen) atoms. The highest BCUT2D eigenvalue weighted by molar-refractivity contribution is 5.45. The first kappa shape index (κ1) is 12.6. The minimum absolute atomic E-state index is 0.721. The fourth-order valence-corrected chi connectivity index (χ4v) is 1.23. The van der Waals surface area contributed by atoms with Crippen LogP contribution in [0.5, 0.6) is 5.75 Å². The summed E-state index contributed by atoms with van der Waals surface area (Å²) in [6.45, 7) is 6.58. The predicted octanol–water partition coefficient (Wildman–Crippen LogP) is 2.44. The second-order valence-electron chi connectivity index (χ2n) is 3.43. The van der Waals surface area contributed by atoms with E-state index in [4.69, 9.17) is 4.74 Å². The SMILES string of the molecule is CCCOc1ccccc1C#CCNCC. The van der Waals surface area contributed by atoms with Gasteiger partial charge in [0.15, 0.2) is 0 Å². The van der Waals surface area contributed by atoms with Gasteiger partial charge in [-0.3, -0.25) is 0 Å². The molecule has 0 aromatic heterocycles. The zero-order valence-corrected chi connectivity index (χ0v) is 10.0. The highest BCUT2D eigenvalue weighted by atomic mass is 16.5. The monoisotopic (exact) mass is 217 g/mol. The van der Waals surface area contributed by atoms with E-state index in [0.717, 1.165) is 37.4 Å². The molecule has 0 aliphatic heterocycles. The van der Waals surface area contributed by atoms with Gasteiger partial charge >= 0.3 is 0 Å². The summed E-state index contributed by atoms with van der Waals surface area (Å²) in [5.74, 6) is 7.08. The van der Waals surface area contributed by atoms with Crippen LogP contribution in [0.3, 0.4) is 0 Å². The number of hydrogen-bond donors (Lipinski definition) is 1. The molecule has 1 aromatic carbocycles. The maximum absolute atomic E-state index is 5.62. The zero-order chi connectivity index (χ0) is 11.6. The van der Waals surface area contributed by atoms with Crippen LogP contribution in [0.2, 0.25) is 0 Å². The van der Waals surface area contributed by atoms with E-state index >= 15 is 0 Å². The number of rotatable bonds is 5. The van der Waals surface area contributed by atoms with E-state index in [1.165, 1.54) is 0 Å². The number of nitrogens with one attached hydrogen (secondary N) is 1. The molecule has 2 nitrogen and oxygen atoms in total. The smallest absolute Gasteiger partial charge is 0.134 e. The minimum atomic E-state index is 0.721. The van der Waals surface area contributed by atoms with Crippen molar-refractivity contribution >= 4 is 0 Å². The Labute approximate surface area is 98.0 Å². The molecule has 0 spiro atoms. The van der Waals surface area contributed by atoms with E-state index in [9.17, 15) is 0 Å². The average Bonchev–Trinajstić information content (AvgIpc) is 2.33. The summed E-state index contributed by atoms with van der Waals surface area (Å²) in [5, 5.41) is 3.17. The Hall–Kier alpha value is -1.46. The Morgan fingerprint density at radius 3 is 2.81 bits per heavy atom. The predicted molar refractivity (Wildman–Crippen MR) is 67.6 cm³/mol. The van der Waals surface area contributed by atoms with Gasteiger partial charge in [-0.2, -0.15) is 0 Å². The molecule has 0 radical (unpaired) electrons. The normalized spacial score (nSPS) is 9.38. The molecule has 86 valence electrons. The lowest BCUT2D eigenvalue weighted by Crippen LogP contribution is -2.11. The third kappa shape index (κ3) is 4.37.